The van der Waals surface area contributed by atoms with Gasteiger partial charge in [0, 0.05) is 33.5 Å². The maximum absolute atomic E-state index is 4.49. The van der Waals surface area contributed by atoms with Gasteiger partial charge in [0.2, 0.25) is 0 Å². The number of rotatable bonds is 10. The molecule has 2 nitrogen and oxygen atoms in total. The first-order valence-corrected chi connectivity index (χ1v) is 26.9. The highest BCUT2D eigenvalue weighted by Crippen LogP contribution is 2.48. The van der Waals surface area contributed by atoms with Crippen LogP contribution < -0.4 is 9.80 Å². The van der Waals surface area contributed by atoms with Crippen LogP contribution in [0.2, 0.25) is 0 Å². The molecule has 0 unspecified atom stereocenters. The van der Waals surface area contributed by atoms with E-state index in [4.69, 9.17) is 0 Å². The minimum atomic E-state index is -0.0912. The fourth-order valence-electron chi connectivity index (χ4n) is 11.0. The summed E-state index contributed by atoms with van der Waals surface area (Å²) in [6, 6.07) is 78.9. The van der Waals surface area contributed by atoms with Crippen molar-refractivity contribution in [1.82, 2.24) is 0 Å². The Morgan fingerprint density at radius 2 is 0.842 bits per heavy atom. The van der Waals surface area contributed by atoms with Crippen LogP contribution in [0.15, 0.2) is 243 Å². The molecule has 0 aliphatic heterocycles. The van der Waals surface area contributed by atoms with Gasteiger partial charge < -0.3 is 9.80 Å². The number of hydrogen-bond acceptors (Lipinski definition) is 2. The third kappa shape index (κ3) is 9.50. The summed E-state index contributed by atoms with van der Waals surface area (Å²) in [6.07, 6.45) is 8.59. The van der Waals surface area contributed by atoms with Gasteiger partial charge in [-0.25, -0.2) is 0 Å². The van der Waals surface area contributed by atoms with Crippen LogP contribution in [0.3, 0.4) is 0 Å². The largest absolute Gasteiger partial charge is 0.310 e. The molecule has 0 aromatic heterocycles. The molecule has 0 aliphatic carbocycles. The number of nitrogens with zero attached hydrogens (tertiary/aromatic N) is 2. The number of anilines is 5. The Bertz CT molecular complexity index is 4030. The summed E-state index contributed by atoms with van der Waals surface area (Å²) in [7, 11) is 0. The Kier molecular flexibility index (Phi) is 12.9. The standard InChI is InChI=1S/C74H68N2/c1-11-57(27-19-25-51-24-18-23-50-21-12-14-28-61(50)51)75(59-42-35-54(36-43-59)72(2,3)4)70-49-69-67-47-56(74(8,9)10)39-46-66(67)71(48-68(69)64-30-16-17-31-65(64)70)76(60-44-37-55(38-45-60)73(5,6)7)58-40-33-53(34-41-58)63-32-20-26-52-22-13-15-29-62(52)63/h11-49H,1H2,2-10H3. The van der Waals surface area contributed by atoms with Gasteiger partial charge in [0.05, 0.1) is 11.4 Å². The summed E-state index contributed by atoms with van der Waals surface area (Å²) >= 11 is 0. The normalized spacial score (nSPS) is 12.6. The van der Waals surface area contributed by atoms with Gasteiger partial charge >= 0.3 is 0 Å². The van der Waals surface area contributed by atoms with E-state index in [1.165, 1.54) is 81.9 Å². The predicted molar refractivity (Wildman–Crippen MR) is 333 cm³/mol. The summed E-state index contributed by atoms with van der Waals surface area (Å²) in [5.41, 5.74) is 13.8. The van der Waals surface area contributed by atoms with E-state index in [0.717, 1.165) is 39.5 Å². The fraction of sp³-hybridized carbons (Fsp3) is 0.162. The molecular formula is C74H68N2. The Morgan fingerprint density at radius 3 is 1.46 bits per heavy atom. The molecule has 0 aliphatic rings. The Balaban J connectivity index is 1.16. The van der Waals surface area contributed by atoms with Crippen LogP contribution in [0.5, 0.6) is 0 Å². The quantitative estimate of drug-likeness (QED) is 0.0995. The molecule has 0 atom stereocenters. The highest BCUT2D eigenvalue weighted by molar-refractivity contribution is 6.24. The zero-order valence-electron chi connectivity index (χ0n) is 45.6. The first kappa shape index (κ1) is 49.7. The van der Waals surface area contributed by atoms with Gasteiger partial charge in [0.1, 0.15) is 0 Å². The SMILES string of the molecule is C=CC(=CC=Cc1cccc2ccccc12)N(c1ccc(C(C)(C)C)cc1)c1cc2c3cc(C(C)(C)C)ccc3c(N(c3ccc(-c4cccc5ccccc45)cc3)c3ccc(C(C)(C)C)cc3)cc2c2ccccc12. The third-order valence-electron chi connectivity index (χ3n) is 15.3. The van der Waals surface area contributed by atoms with Crippen molar-refractivity contribution in [3.63, 3.8) is 0 Å². The van der Waals surface area contributed by atoms with Crippen LogP contribution in [0.1, 0.15) is 84.6 Å². The first-order chi connectivity index (χ1) is 36.5. The minimum absolute atomic E-state index is 0.0000285. The number of benzene rings is 11. The summed E-state index contributed by atoms with van der Waals surface area (Å²) in [4.78, 5) is 4.88. The number of fused-ring (bicyclic) bond motifs is 7. The molecule has 76 heavy (non-hydrogen) atoms. The van der Waals surface area contributed by atoms with E-state index >= 15 is 0 Å². The molecule has 11 rings (SSSR count). The second-order valence-corrected chi connectivity index (χ2v) is 23.5. The molecule has 374 valence electrons. The average Bonchev–Trinajstić information content (AvgIpc) is 3.42. The van der Waals surface area contributed by atoms with Crippen LogP contribution in [0, 0.1) is 0 Å². The predicted octanol–water partition coefficient (Wildman–Crippen LogP) is 21.4. The van der Waals surface area contributed by atoms with E-state index in [0.29, 0.717) is 0 Å². The molecule has 0 heterocycles. The van der Waals surface area contributed by atoms with Crippen LogP contribution in [0.4, 0.5) is 28.4 Å². The van der Waals surface area contributed by atoms with Crippen molar-refractivity contribution in [3.8, 4) is 11.1 Å². The van der Waals surface area contributed by atoms with Gasteiger partial charge in [0.25, 0.3) is 0 Å². The lowest BCUT2D eigenvalue weighted by Gasteiger charge is -2.31. The smallest absolute Gasteiger partial charge is 0.0546 e. The lowest BCUT2D eigenvalue weighted by Crippen LogP contribution is -2.17. The van der Waals surface area contributed by atoms with Crippen LogP contribution >= 0.6 is 0 Å². The van der Waals surface area contributed by atoms with Gasteiger partial charge in [-0.3, -0.25) is 0 Å². The van der Waals surface area contributed by atoms with Crippen LogP contribution in [-0.2, 0) is 16.2 Å². The van der Waals surface area contributed by atoms with E-state index in [9.17, 15) is 0 Å². The first-order valence-electron chi connectivity index (χ1n) is 26.9. The van der Waals surface area contributed by atoms with Gasteiger partial charge in [-0.2, -0.15) is 0 Å². The molecular weight excluding hydrogens is 917 g/mol. The highest BCUT2D eigenvalue weighted by Gasteiger charge is 2.25. The Morgan fingerprint density at radius 1 is 0.382 bits per heavy atom. The molecule has 0 bridgehead atoms. The fourth-order valence-corrected chi connectivity index (χ4v) is 11.0. The van der Waals surface area contributed by atoms with Crippen molar-refractivity contribution in [2.45, 2.75) is 78.6 Å². The van der Waals surface area contributed by atoms with Gasteiger partial charge in [0.15, 0.2) is 0 Å². The van der Waals surface area contributed by atoms with Crippen molar-refractivity contribution in [1.29, 1.82) is 0 Å². The van der Waals surface area contributed by atoms with Crippen molar-refractivity contribution in [3.05, 3.63) is 265 Å². The van der Waals surface area contributed by atoms with Crippen molar-refractivity contribution in [2.24, 2.45) is 0 Å². The van der Waals surface area contributed by atoms with Crippen LogP contribution in [-0.4, -0.2) is 0 Å². The van der Waals surface area contributed by atoms with E-state index < -0.39 is 0 Å². The molecule has 0 saturated carbocycles. The molecule has 0 fully saturated rings. The number of hydrogen-bond donors (Lipinski definition) is 0. The molecule has 0 amide bonds. The highest BCUT2D eigenvalue weighted by atomic mass is 15.2. The summed E-state index contributed by atoms with van der Waals surface area (Å²) in [6.45, 7) is 25.1. The van der Waals surface area contributed by atoms with Crippen molar-refractivity contribution >= 4 is 88.4 Å². The second-order valence-electron chi connectivity index (χ2n) is 23.5. The van der Waals surface area contributed by atoms with Crippen LogP contribution in [0.25, 0.3) is 71.1 Å². The lowest BCUT2D eigenvalue weighted by molar-refractivity contribution is 0.590. The molecule has 0 spiro atoms. The minimum Gasteiger partial charge on any atom is -0.310 e. The number of allylic oxidation sites excluding steroid dienone is 3. The molecule has 11 aromatic rings. The molecule has 0 N–H and O–H groups in total. The zero-order valence-corrected chi connectivity index (χ0v) is 45.6. The average molecular weight is 985 g/mol. The van der Waals surface area contributed by atoms with E-state index in [1.54, 1.807) is 0 Å². The van der Waals surface area contributed by atoms with E-state index in [2.05, 4.69) is 309 Å². The maximum Gasteiger partial charge on any atom is 0.0546 e. The lowest BCUT2D eigenvalue weighted by atomic mass is 9.84. The van der Waals surface area contributed by atoms with Gasteiger partial charge in [-0.15, -0.1) is 0 Å². The third-order valence-corrected chi connectivity index (χ3v) is 15.3. The topological polar surface area (TPSA) is 6.48 Å². The molecule has 0 saturated heterocycles. The summed E-state index contributed by atoms with van der Waals surface area (Å²) in [5, 5.41) is 12.0. The Labute approximate surface area is 450 Å². The van der Waals surface area contributed by atoms with Crippen molar-refractivity contribution < 1.29 is 0 Å². The van der Waals surface area contributed by atoms with E-state index in [1.807, 2.05) is 6.08 Å². The Hall–Kier alpha value is -8.46. The van der Waals surface area contributed by atoms with Gasteiger partial charge in [-0.05, 0) is 159 Å². The van der Waals surface area contributed by atoms with Gasteiger partial charge in [-0.1, -0.05) is 239 Å². The molecule has 11 aromatic carbocycles. The summed E-state index contributed by atoms with van der Waals surface area (Å²) < 4.78 is 0. The molecule has 0 radical (unpaired) electrons. The second kappa shape index (κ2) is 19.7. The zero-order chi connectivity index (χ0) is 52.9. The molecule has 2 heteroatoms. The summed E-state index contributed by atoms with van der Waals surface area (Å²) in [5.74, 6) is 0. The maximum atomic E-state index is 4.49. The van der Waals surface area contributed by atoms with Crippen molar-refractivity contribution in [2.75, 3.05) is 9.80 Å². The monoisotopic (exact) mass is 985 g/mol. The van der Waals surface area contributed by atoms with E-state index in [-0.39, 0.29) is 16.2 Å².